The minimum Gasteiger partial charge on any atom is -0.489 e. The third-order valence-corrected chi connectivity index (χ3v) is 6.22. The summed E-state index contributed by atoms with van der Waals surface area (Å²) in [5.74, 6) is 0.970. The van der Waals surface area contributed by atoms with Crippen LogP contribution < -0.4 is 15.6 Å². The number of amides is 1. The van der Waals surface area contributed by atoms with Crippen molar-refractivity contribution in [2.45, 2.75) is 19.4 Å². The number of carbonyl (C=O) groups excluding carboxylic acids is 1. The molecule has 1 aliphatic rings. The van der Waals surface area contributed by atoms with E-state index in [0.29, 0.717) is 23.9 Å². The normalized spacial score (nSPS) is 17.6. The maximum absolute atomic E-state index is 11.9. The largest absolute Gasteiger partial charge is 0.489 e. The molecule has 2 N–H and O–H groups in total. The van der Waals surface area contributed by atoms with Crippen LogP contribution in [0.5, 0.6) is 5.75 Å². The van der Waals surface area contributed by atoms with Crippen LogP contribution in [0.1, 0.15) is 13.3 Å². The Morgan fingerprint density at radius 1 is 1.14 bits per heavy atom. The molecule has 0 bridgehead atoms. The number of benzene rings is 2. The summed E-state index contributed by atoms with van der Waals surface area (Å²) in [6, 6.07) is 9.58. The first kappa shape index (κ1) is 17.8. The van der Waals surface area contributed by atoms with Crippen LogP contribution in [0.3, 0.4) is 0 Å². The highest BCUT2D eigenvalue weighted by atomic mass is 32.1. The summed E-state index contributed by atoms with van der Waals surface area (Å²) >= 11 is 1.53. The van der Waals surface area contributed by atoms with E-state index in [4.69, 9.17) is 4.74 Å². The third-order valence-electron chi connectivity index (χ3n) is 5.36. The number of ether oxygens (including phenoxy) is 1. The van der Waals surface area contributed by atoms with Crippen LogP contribution in [0.15, 0.2) is 47.0 Å². The zero-order valence-electron chi connectivity index (χ0n) is 15.6. The van der Waals surface area contributed by atoms with E-state index in [9.17, 15) is 9.59 Å². The lowest BCUT2D eigenvalue weighted by Gasteiger charge is -2.20. The van der Waals surface area contributed by atoms with E-state index >= 15 is 0 Å². The average molecular weight is 406 g/mol. The average Bonchev–Trinajstić information content (AvgIpc) is 3.37. The van der Waals surface area contributed by atoms with Crippen LogP contribution >= 0.6 is 11.3 Å². The zero-order valence-corrected chi connectivity index (χ0v) is 16.5. The van der Waals surface area contributed by atoms with Crippen molar-refractivity contribution in [2.75, 3.05) is 6.54 Å². The van der Waals surface area contributed by atoms with E-state index in [2.05, 4.69) is 20.3 Å². The molecule has 4 aromatic rings. The van der Waals surface area contributed by atoms with Crippen molar-refractivity contribution in [2.24, 2.45) is 5.92 Å². The third kappa shape index (κ3) is 3.25. The standard InChI is InChI=1S/C21H18N4O3S/c1-11(14-7-19(26)22-8-14)28-18-6-13(5-17-20(18)29-10-25-17)12-2-3-15-16(4-12)23-9-24-21(15)27/h2-6,9-11,14H,7-8H2,1H3,(H,22,26)(H,23,24,27)/t11-,14-/m1/s1. The number of rotatable bonds is 4. The number of hydrogen-bond donors (Lipinski definition) is 2. The van der Waals surface area contributed by atoms with Crippen LogP contribution in [0.4, 0.5) is 0 Å². The zero-order chi connectivity index (χ0) is 20.0. The molecule has 1 fully saturated rings. The molecule has 0 radical (unpaired) electrons. The van der Waals surface area contributed by atoms with Crippen molar-refractivity contribution in [3.05, 3.63) is 52.5 Å². The second kappa shape index (κ2) is 6.97. The lowest BCUT2D eigenvalue weighted by Crippen LogP contribution is -2.25. The molecule has 1 saturated heterocycles. The molecule has 7 nitrogen and oxygen atoms in total. The summed E-state index contributed by atoms with van der Waals surface area (Å²) in [5, 5.41) is 3.41. The Bertz CT molecular complexity index is 1300. The first-order valence-electron chi connectivity index (χ1n) is 9.37. The Kier molecular flexibility index (Phi) is 4.28. The molecule has 2 aromatic heterocycles. The molecule has 3 heterocycles. The monoisotopic (exact) mass is 406 g/mol. The van der Waals surface area contributed by atoms with Crippen molar-refractivity contribution in [3.63, 3.8) is 0 Å². The lowest BCUT2D eigenvalue weighted by atomic mass is 10.0. The summed E-state index contributed by atoms with van der Waals surface area (Å²) in [7, 11) is 0. The molecule has 2 aromatic carbocycles. The van der Waals surface area contributed by atoms with Gasteiger partial charge in [0.2, 0.25) is 5.91 Å². The van der Waals surface area contributed by atoms with E-state index in [-0.39, 0.29) is 23.5 Å². The Hall–Kier alpha value is -3.26. The van der Waals surface area contributed by atoms with Gasteiger partial charge in [-0.05, 0) is 42.3 Å². The fourth-order valence-corrected chi connectivity index (χ4v) is 4.42. The summed E-state index contributed by atoms with van der Waals surface area (Å²) in [6.07, 6.45) is 1.79. The van der Waals surface area contributed by atoms with Gasteiger partial charge in [0.25, 0.3) is 5.56 Å². The highest BCUT2D eigenvalue weighted by molar-refractivity contribution is 7.17. The quantitative estimate of drug-likeness (QED) is 0.543. The van der Waals surface area contributed by atoms with Crippen LogP contribution in [-0.4, -0.2) is 33.5 Å². The molecular formula is C21H18N4O3S. The van der Waals surface area contributed by atoms with Gasteiger partial charge in [-0.25, -0.2) is 9.97 Å². The topological polar surface area (TPSA) is 97.0 Å². The molecular weight excluding hydrogens is 388 g/mol. The minimum absolute atomic E-state index is 0.0702. The number of nitrogens with one attached hydrogen (secondary N) is 2. The van der Waals surface area contributed by atoms with Gasteiger partial charge in [0.05, 0.1) is 33.0 Å². The molecule has 5 rings (SSSR count). The highest BCUT2D eigenvalue weighted by Crippen LogP contribution is 2.36. The number of aromatic amines is 1. The van der Waals surface area contributed by atoms with Crippen LogP contribution in [0, 0.1) is 5.92 Å². The number of H-pyrrole nitrogens is 1. The number of hydrogen-bond acceptors (Lipinski definition) is 6. The van der Waals surface area contributed by atoms with Crippen molar-refractivity contribution in [1.29, 1.82) is 0 Å². The molecule has 0 saturated carbocycles. The van der Waals surface area contributed by atoms with Gasteiger partial charge in [-0.1, -0.05) is 6.07 Å². The Balaban J connectivity index is 1.55. The van der Waals surface area contributed by atoms with E-state index in [1.165, 1.54) is 17.7 Å². The lowest BCUT2D eigenvalue weighted by molar-refractivity contribution is -0.119. The fourth-order valence-electron chi connectivity index (χ4n) is 3.70. The molecule has 146 valence electrons. The molecule has 0 aliphatic carbocycles. The summed E-state index contributed by atoms with van der Waals surface area (Å²) in [5.41, 5.74) is 5.00. The number of nitrogens with zero attached hydrogens (tertiary/aromatic N) is 2. The summed E-state index contributed by atoms with van der Waals surface area (Å²) in [6.45, 7) is 2.63. The molecule has 0 spiro atoms. The summed E-state index contributed by atoms with van der Waals surface area (Å²) < 4.78 is 7.27. The second-order valence-electron chi connectivity index (χ2n) is 7.23. The predicted molar refractivity (Wildman–Crippen MR) is 112 cm³/mol. The number of carbonyl (C=O) groups is 1. The first-order chi connectivity index (χ1) is 14.1. The van der Waals surface area contributed by atoms with Crippen molar-refractivity contribution < 1.29 is 9.53 Å². The van der Waals surface area contributed by atoms with Crippen LogP contribution in [0.2, 0.25) is 0 Å². The highest BCUT2D eigenvalue weighted by Gasteiger charge is 2.28. The smallest absolute Gasteiger partial charge is 0.258 e. The van der Waals surface area contributed by atoms with E-state index in [1.807, 2.05) is 31.2 Å². The second-order valence-corrected chi connectivity index (χ2v) is 8.08. The first-order valence-corrected chi connectivity index (χ1v) is 10.2. The van der Waals surface area contributed by atoms with E-state index in [0.717, 1.165) is 27.1 Å². The SMILES string of the molecule is C[C@@H](Oc1cc(-c2ccc3c(=O)[nH]cnc3c2)cc2ncsc12)[C@H]1CNC(=O)C1. The van der Waals surface area contributed by atoms with Gasteiger partial charge in [-0.15, -0.1) is 11.3 Å². The van der Waals surface area contributed by atoms with Crippen molar-refractivity contribution >= 4 is 38.4 Å². The Morgan fingerprint density at radius 3 is 2.83 bits per heavy atom. The number of aromatic nitrogens is 3. The van der Waals surface area contributed by atoms with Crippen molar-refractivity contribution in [1.82, 2.24) is 20.3 Å². The number of fused-ring (bicyclic) bond motifs is 2. The van der Waals surface area contributed by atoms with E-state index < -0.39 is 0 Å². The van der Waals surface area contributed by atoms with Gasteiger partial charge < -0.3 is 15.0 Å². The molecule has 1 amide bonds. The van der Waals surface area contributed by atoms with Crippen LogP contribution in [0.25, 0.3) is 32.2 Å². The van der Waals surface area contributed by atoms with Gasteiger partial charge in [0.15, 0.2) is 0 Å². The van der Waals surface area contributed by atoms with Crippen LogP contribution in [-0.2, 0) is 4.79 Å². The maximum Gasteiger partial charge on any atom is 0.258 e. The predicted octanol–water partition coefficient (Wildman–Crippen LogP) is 3.10. The molecule has 8 heteroatoms. The summed E-state index contributed by atoms with van der Waals surface area (Å²) in [4.78, 5) is 34.8. The molecule has 29 heavy (non-hydrogen) atoms. The maximum atomic E-state index is 11.9. The Labute approximate surface area is 169 Å². The van der Waals surface area contributed by atoms with Gasteiger partial charge in [0, 0.05) is 18.9 Å². The minimum atomic E-state index is -0.158. The molecule has 2 atom stereocenters. The molecule has 1 aliphatic heterocycles. The van der Waals surface area contributed by atoms with Gasteiger partial charge in [-0.3, -0.25) is 9.59 Å². The van der Waals surface area contributed by atoms with Crippen molar-refractivity contribution in [3.8, 4) is 16.9 Å². The van der Waals surface area contributed by atoms with E-state index in [1.54, 1.807) is 11.6 Å². The molecule has 0 unspecified atom stereocenters. The fraction of sp³-hybridized carbons (Fsp3) is 0.238. The van der Waals surface area contributed by atoms with Gasteiger partial charge in [-0.2, -0.15) is 0 Å². The van der Waals surface area contributed by atoms with Gasteiger partial charge in [0.1, 0.15) is 11.9 Å². The Morgan fingerprint density at radius 2 is 2.00 bits per heavy atom. The number of thiazole rings is 1. The van der Waals surface area contributed by atoms with Gasteiger partial charge >= 0.3 is 0 Å².